The van der Waals surface area contributed by atoms with Gasteiger partial charge in [0.25, 0.3) is 0 Å². The van der Waals surface area contributed by atoms with Crippen LogP contribution >= 0.6 is 22.9 Å². The minimum absolute atomic E-state index is 0.245. The monoisotopic (exact) mass is 385 g/mol. The van der Waals surface area contributed by atoms with Crippen molar-refractivity contribution in [2.75, 3.05) is 5.32 Å². The highest BCUT2D eigenvalue weighted by atomic mass is 35.5. The van der Waals surface area contributed by atoms with Gasteiger partial charge in [-0.1, -0.05) is 60.1 Å². The van der Waals surface area contributed by atoms with Gasteiger partial charge in [0.15, 0.2) is 5.78 Å². The van der Waals surface area contributed by atoms with E-state index in [4.69, 9.17) is 11.6 Å². The van der Waals surface area contributed by atoms with Crippen molar-refractivity contribution < 1.29 is 14.0 Å². The molecule has 26 heavy (non-hydrogen) atoms. The van der Waals surface area contributed by atoms with Crippen LogP contribution in [0.1, 0.15) is 22.8 Å². The number of thiophene rings is 1. The third kappa shape index (κ3) is 2.31. The Hall–Kier alpha value is -2.50. The lowest BCUT2D eigenvalue weighted by Crippen LogP contribution is -2.48. The van der Waals surface area contributed by atoms with E-state index < -0.39 is 17.1 Å². The summed E-state index contributed by atoms with van der Waals surface area (Å²) >= 11 is 7.41. The van der Waals surface area contributed by atoms with Gasteiger partial charge in [0, 0.05) is 11.1 Å². The van der Waals surface area contributed by atoms with E-state index >= 15 is 0 Å². The number of hydrogen-bond acceptors (Lipinski definition) is 3. The van der Waals surface area contributed by atoms with E-state index in [2.05, 4.69) is 5.32 Å². The van der Waals surface area contributed by atoms with Crippen LogP contribution in [0, 0.1) is 5.82 Å². The molecule has 0 saturated carbocycles. The first-order valence-electron chi connectivity index (χ1n) is 7.93. The molecule has 1 aliphatic rings. The number of rotatable bonds is 2. The van der Waals surface area contributed by atoms with Gasteiger partial charge < -0.3 is 5.32 Å². The summed E-state index contributed by atoms with van der Waals surface area (Å²) in [6.07, 6.45) is 0. The number of halogens is 2. The van der Waals surface area contributed by atoms with Gasteiger partial charge >= 0.3 is 0 Å². The minimum Gasteiger partial charge on any atom is -0.316 e. The van der Waals surface area contributed by atoms with Crippen molar-refractivity contribution in [3.63, 3.8) is 0 Å². The van der Waals surface area contributed by atoms with Crippen molar-refractivity contribution in [2.45, 2.75) is 12.3 Å². The standard InChI is InChI=1S/C20H13ClFNO2S/c1-20(11-7-3-2-4-8-11)16(24)15-14(12-9-5-6-10-13(12)22)17(21)26-18(15)23-19(20)25/h2-10H,1H3,(H,23,25). The lowest BCUT2D eigenvalue weighted by Gasteiger charge is -2.31. The van der Waals surface area contributed by atoms with Gasteiger partial charge in [0.1, 0.15) is 20.6 Å². The third-order valence-corrected chi connectivity index (χ3v) is 6.04. The number of carbonyl (C=O) groups is 2. The van der Waals surface area contributed by atoms with Crippen molar-refractivity contribution in [3.8, 4) is 11.1 Å². The molecule has 2 aromatic carbocycles. The topological polar surface area (TPSA) is 46.2 Å². The predicted octanol–water partition coefficient (Wildman–Crippen LogP) is 5.30. The molecule has 2 heterocycles. The van der Waals surface area contributed by atoms with Gasteiger partial charge in [0.05, 0.1) is 5.56 Å². The van der Waals surface area contributed by atoms with Gasteiger partial charge in [0.2, 0.25) is 5.91 Å². The lowest BCUT2D eigenvalue weighted by atomic mass is 9.73. The number of hydrogen-bond donors (Lipinski definition) is 1. The van der Waals surface area contributed by atoms with Crippen LogP contribution in [0.2, 0.25) is 4.34 Å². The highest BCUT2D eigenvalue weighted by molar-refractivity contribution is 7.21. The average Bonchev–Trinajstić information content (AvgIpc) is 2.96. The number of nitrogens with one attached hydrogen (secondary N) is 1. The largest absolute Gasteiger partial charge is 0.316 e. The van der Waals surface area contributed by atoms with Crippen LogP contribution in [0.5, 0.6) is 0 Å². The molecule has 0 bridgehead atoms. The second-order valence-electron chi connectivity index (χ2n) is 6.21. The van der Waals surface area contributed by atoms with Crippen molar-refractivity contribution in [1.29, 1.82) is 0 Å². The molecule has 6 heteroatoms. The zero-order chi connectivity index (χ0) is 18.5. The molecule has 3 nitrogen and oxygen atoms in total. The van der Waals surface area contributed by atoms with E-state index in [1.807, 2.05) is 6.07 Å². The molecule has 0 fully saturated rings. The molecule has 0 aliphatic carbocycles. The highest BCUT2D eigenvalue weighted by Crippen LogP contribution is 2.49. The van der Waals surface area contributed by atoms with Crippen LogP contribution < -0.4 is 5.32 Å². The van der Waals surface area contributed by atoms with Crippen molar-refractivity contribution in [3.05, 3.63) is 75.9 Å². The van der Waals surface area contributed by atoms with E-state index in [-0.39, 0.29) is 21.2 Å². The Morgan fingerprint density at radius 1 is 1.00 bits per heavy atom. The quantitative estimate of drug-likeness (QED) is 0.608. The Labute approximate surface area is 158 Å². The van der Waals surface area contributed by atoms with Gasteiger partial charge in [-0.3, -0.25) is 9.59 Å². The first-order valence-corrected chi connectivity index (χ1v) is 9.13. The second-order valence-corrected chi connectivity index (χ2v) is 7.83. The van der Waals surface area contributed by atoms with E-state index in [9.17, 15) is 14.0 Å². The summed E-state index contributed by atoms with van der Waals surface area (Å²) in [5.74, 6) is -1.27. The maximum Gasteiger partial charge on any atom is 0.243 e. The number of ketones is 1. The zero-order valence-electron chi connectivity index (χ0n) is 13.7. The molecule has 1 aliphatic heterocycles. The Balaban J connectivity index is 1.97. The summed E-state index contributed by atoms with van der Waals surface area (Å²) in [7, 11) is 0. The van der Waals surface area contributed by atoms with E-state index in [1.54, 1.807) is 49.4 Å². The van der Waals surface area contributed by atoms with Crippen LogP contribution in [0.25, 0.3) is 11.1 Å². The lowest BCUT2D eigenvalue weighted by molar-refractivity contribution is -0.119. The first-order chi connectivity index (χ1) is 12.4. The molecule has 1 atom stereocenters. The van der Waals surface area contributed by atoms with E-state index in [1.165, 1.54) is 6.07 Å². The number of Topliss-reactive ketones (excluding diaryl/α,β-unsaturated/α-hetero) is 1. The van der Waals surface area contributed by atoms with Gasteiger partial charge in [-0.15, -0.1) is 11.3 Å². The van der Waals surface area contributed by atoms with E-state index in [0.717, 1.165) is 11.3 Å². The number of carbonyl (C=O) groups excluding carboxylic acids is 2. The molecule has 1 unspecified atom stereocenters. The molecule has 0 saturated heterocycles. The summed E-state index contributed by atoms with van der Waals surface area (Å²) in [5, 5.41) is 3.14. The van der Waals surface area contributed by atoms with Crippen LogP contribution in [-0.4, -0.2) is 11.7 Å². The zero-order valence-corrected chi connectivity index (χ0v) is 15.2. The summed E-state index contributed by atoms with van der Waals surface area (Å²) in [6.45, 7) is 1.58. The molecular formula is C20H13ClFNO2S. The first kappa shape index (κ1) is 16.9. The molecule has 1 aromatic heterocycles. The van der Waals surface area contributed by atoms with Crippen molar-refractivity contribution >= 4 is 39.6 Å². The smallest absolute Gasteiger partial charge is 0.243 e. The molecule has 4 rings (SSSR count). The normalized spacial score (nSPS) is 19.2. The predicted molar refractivity (Wildman–Crippen MR) is 101 cm³/mol. The Morgan fingerprint density at radius 2 is 1.65 bits per heavy atom. The number of benzene rings is 2. The Bertz CT molecular complexity index is 1050. The molecule has 1 N–H and O–H groups in total. The third-order valence-electron chi connectivity index (χ3n) is 4.72. The highest BCUT2D eigenvalue weighted by Gasteiger charge is 2.49. The van der Waals surface area contributed by atoms with Gasteiger partial charge in [-0.25, -0.2) is 4.39 Å². The van der Waals surface area contributed by atoms with Crippen molar-refractivity contribution in [2.24, 2.45) is 0 Å². The molecule has 0 spiro atoms. The van der Waals surface area contributed by atoms with E-state index in [0.29, 0.717) is 16.1 Å². The molecule has 1 amide bonds. The van der Waals surface area contributed by atoms with Crippen LogP contribution in [-0.2, 0) is 10.2 Å². The van der Waals surface area contributed by atoms with Crippen LogP contribution in [0.3, 0.4) is 0 Å². The molecule has 0 radical (unpaired) electrons. The summed E-state index contributed by atoms with van der Waals surface area (Å²) < 4.78 is 14.6. The minimum atomic E-state index is -1.40. The summed E-state index contributed by atoms with van der Waals surface area (Å²) in [5.41, 5.74) is 0.0106. The number of anilines is 1. The Morgan fingerprint density at radius 3 is 2.35 bits per heavy atom. The fraction of sp³-hybridized carbons (Fsp3) is 0.100. The van der Waals surface area contributed by atoms with Crippen LogP contribution in [0.15, 0.2) is 54.6 Å². The van der Waals surface area contributed by atoms with Gasteiger partial charge in [-0.2, -0.15) is 0 Å². The second kappa shape index (κ2) is 6.04. The SMILES string of the molecule is CC1(c2ccccc2)C(=O)Nc2sc(Cl)c(-c3ccccc3F)c2C1=O. The van der Waals surface area contributed by atoms with Gasteiger partial charge in [-0.05, 0) is 18.6 Å². The fourth-order valence-corrected chi connectivity index (χ4v) is 4.59. The molecule has 130 valence electrons. The number of amides is 1. The fourth-order valence-electron chi connectivity index (χ4n) is 3.23. The molecular weight excluding hydrogens is 373 g/mol. The Kier molecular flexibility index (Phi) is 3.93. The molecule has 3 aromatic rings. The number of fused-ring (bicyclic) bond motifs is 1. The average molecular weight is 386 g/mol. The van der Waals surface area contributed by atoms with Crippen molar-refractivity contribution in [1.82, 2.24) is 0 Å². The van der Waals surface area contributed by atoms with Crippen LogP contribution in [0.4, 0.5) is 9.39 Å². The maximum atomic E-state index is 14.4. The summed E-state index contributed by atoms with van der Waals surface area (Å²) in [4.78, 5) is 26.2. The summed E-state index contributed by atoms with van der Waals surface area (Å²) in [6, 6.07) is 15.0. The maximum absolute atomic E-state index is 14.4.